The van der Waals surface area contributed by atoms with Crippen molar-refractivity contribution < 1.29 is 18.4 Å². The molecule has 0 fully saturated rings. The van der Waals surface area contributed by atoms with Gasteiger partial charge < -0.3 is 4.42 Å². The van der Waals surface area contributed by atoms with Crippen LogP contribution in [-0.2, 0) is 4.79 Å². The predicted octanol–water partition coefficient (Wildman–Crippen LogP) is 2.59. The SMILES string of the molecule is Cc1cc(C(=O)NNC(=O)CSc2ccc(F)cc2)c(C)o1. The number of thioether (sulfide) groups is 1. The zero-order chi connectivity index (χ0) is 16.1. The maximum absolute atomic E-state index is 12.7. The fourth-order valence-corrected chi connectivity index (χ4v) is 2.46. The van der Waals surface area contributed by atoms with Gasteiger partial charge in [0.15, 0.2) is 0 Å². The smallest absolute Gasteiger partial charge is 0.273 e. The molecule has 2 rings (SSSR count). The number of halogens is 1. The van der Waals surface area contributed by atoms with E-state index in [1.807, 2.05) is 0 Å². The molecule has 0 spiro atoms. The molecular formula is C15H15FN2O3S. The number of carbonyl (C=O) groups is 2. The van der Waals surface area contributed by atoms with Crippen LogP contribution < -0.4 is 10.9 Å². The average Bonchev–Trinajstić information content (AvgIpc) is 2.83. The number of carbonyl (C=O) groups excluding carboxylic acids is 2. The van der Waals surface area contributed by atoms with E-state index in [0.29, 0.717) is 17.1 Å². The van der Waals surface area contributed by atoms with E-state index >= 15 is 0 Å². The number of furan rings is 1. The summed E-state index contributed by atoms with van der Waals surface area (Å²) in [6.45, 7) is 3.41. The molecule has 0 radical (unpaired) electrons. The summed E-state index contributed by atoms with van der Waals surface area (Å²) < 4.78 is 18.0. The van der Waals surface area contributed by atoms with Crippen molar-refractivity contribution in [1.29, 1.82) is 0 Å². The summed E-state index contributed by atoms with van der Waals surface area (Å²) in [7, 11) is 0. The van der Waals surface area contributed by atoms with Crippen LogP contribution in [0.25, 0.3) is 0 Å². The van der Waals surface area contributed by atoms with Crippen molar-refractivity contribution in [3.8, 4) is 0 Å². The topological polar surface area (TPSA) is 71.3 Å². The molecule has 22 heavy (non-hydrogen) atoms. The summed E-state index contributed by atoms with van der Waals surface area (Å²) in [4.78, 5) is 24.3. The second kappa shape index (κ2) is 7.13. The molecule has 0 aliphatic carbocycles. The number of nitrogens with one attached hydrogen (secondary N) is 2. The Bertz CT molecular complexity index is 683. The number of aryl methyl sites for hydroxylation is 2. The zero-order valence-electron chi connectivity index (χ0n) is 12.1. The molecule has 1 aromatic carbocycles. The second-order valence-corrected chi connectivity index (χ2v) is 5.62. The normalized spacial score (nSPS) is 10.3. The standard InChI is InChI=1S/C15H15FN2O3S/c1-9-7-13(10(2)21-9)15(20)18-17-14(19)8-22-12-5-3-11(16)4-6-12/h3-7H,8H2,1-2H3,(H,17,19)(H,18,20). The fourth-order valence-electron chi connectivity index (χ4n) is 1.77. The first-order valence-corrected chi connectivity index (χ1v) is 7.49. The van der Waals surface area contributed by atoms with Gasteiger partial charge in [-0.15, -0.1) is 11.8 Å². The molecule has 7 heteroatoms. The molecule has 1 heterocycles. The molecule has 116 valence electrons. The van der Waals surface area contributed by atoms with Crippen LogP contribution in [0.1, 0.15) is 21.9 Å². The Labute approximate surface area is 131 Å². The molecule has 0 atom stereocenters. The van der Waals surface area contributed by atoms with E-state index < -0.39 is 5.91 Å². The quantitative estimate of drug-likeness (QED) is 0.670. The summed E-state index contributed by atoms with van der Waals surface area (Å²) >= 11 is 1.24. The van der Waals surface area contributed by atoms with Crippen LogP contribution in [0.4, 0.5) is 4.39 Å². The number of rotatable bonds is 4. The van der Waals surface area contributed by atoms with E-state index in [0.717, 1.165) is 4.90 Å². The monoisotopic (exact) mass is 322 g/mol. The summed E-state index contributed by atoms with van der Waals surface area (Å²) in [6.07, 6.45) is 0. The molecule has 0 saturated carbocycles. The molecular weight excluding hydrogens is 307 g/mol. The number of benzene rings is 1. The molecule has 2 N–H and O–H groups in total. The zero-order valence-corrected chi connectivity index (χ0v) is 12.9. The minimum Gasteiger partial charge on any atom is -0.466 e. The second-order valence-electron chi connectivity index (χ2n) is 4.57. The van der Waals surface area contributed by atoms with Crippen molar-refractivity contribution in [2.75, 3.05) is 5.75 Å². The Hall–Kier alpha value is -2.28. The number of hydrogen-bond donors (Lipinski definition) is 2. The van der Waals surface area contributed by atoms with Crippen LogP contribution in [0.2, 0.25) is 0 Å². The summed E-state index contributed by atoms with van der Waals surface area (Å²) in [6, 6.07) is 7.43. The maximum Gasteiger partial charge on any atom is 0.273 e. The maximum atomic E-state index is 12.7. The van der Waals surface area contributed by atoms with Gasteiger partial charge in [0, 0.05) is 4.90 Å². The van der Waals surface area contributed by atoms with Gasteiger partial charge in [-0.2, -0.15) is 0 Å². The summed E-state index contributed by atoms with van der Waals surface area (Å²) in [5, 5.41) is 0. The van der Waals surface area contributed by atoms with Crippen molar-refractivity contribution in [3.05, 3.63) is 53.2 Å². The first-order valence-electron chi connectivity index (χ1n) is 6.50. The Balaban J connectivity index is 1.79. The number of amides is 2. The van der Waals surface area contributed by atoms with E-state index in [2.05, 4.69) is 10.9 Å². The Kier molecular flexibility index (Phi) is 5.21. The van der Waals surface area contributed by atoms with E-state index in [4.69, 9.17) is 4.42 Å². The minimum atomic E-state index is -0.436. The fraction of sp³-hybridized carbons (Fsp3) is 0.200. The summed E-state index contributed by atoms with van der Waals surface area (Å²) in [5.41, 5.74) is 5.03. The molecule has 0 aliphatic rings. The first-order chi connectivity index (χ1) is 10.5. The highest BCUT2D eigenvalue weighted by Gasteiger charge is 2.14. The lowest BCUT2D eigenvalue weighted by Gasteiger charge is -2.06. The van der Waals surface area contributed by atoms with Gasteiger partial charge in [-0.25, -0.2) is 4.39 Å². The number of hydrazine groups is 1. The van der Waals surface area contributed by atoms with Gasteiger partial charge in [0.25, 0.3) is 5.91 Å². The van der Waals surface area contributed by atoms with Crippen molar-refractivity contribution in [3.63, 3.8) is 0 Å². The van der Waals surface area contributed by atoms with E-state index in [9.17, 15) is 14.0 Å². The highest BCUT2D eigenvalue weighted by Crippen LogP contribution is 2.17. The van der Waals surface area contributed by atoms with E-state index in [1.165, 1.54) is 23.9 Å². The highest BCUT2D eigenvalue weighted by atomic mass is 32.2. The van der Waals surface area contributed by atoms with Gasteiger partial charge in [0.05, 0.1) is 11.3 Å². The van der Waals surface area contributed by atoms with Gasteiger partial charge in [-0.05, 0) is 44.2 Å². The Morgan fingerprint density at radius 2 is 1.86 bits per heavy atom. The van der Waals surface area contributed by atoms with Crippen LogP contribution in [-0.4, -0.2) is 17.6 Å². The lowest BCUT2D eigenvalue weighted by Crippen LogP contribution is -2.42. The van der Waals surface area contributed by atoms with Gasteiger partial charge in [-0.3, -0.25) is 20.4 Å². The lowest BCUT2D eigenvalue weighted by atomic mass is 10.2. The lowest BCUT2D eigenvalue weighted by molar-refractivity contribution is -0.119. The van der Waals surface area contributed by atoms with E-state index in [1.54, 1.807) is 32.0 Å². The molecule has 2 amide bonds. The van der Waals surface area contributed by atoms with Crippen LogP contribution in [0, 0.1) is 19.7 Å². The van der Waals surface area contributed by atoms with Crippen LogP contribution >= 0.6 is 11.8 Å². The Morgan fingerprint density at radius 3 is 2.45 bits per heavy atom. The molecule has 0 aliphatic heterocycles. The van der Waals surface area contributed by atoms with Crippen LogP contribution in [0.3, 0.4) is 0 Å². The third-order valence-corrected chi connectivity index (χ3v) is 3.80. The first kappa shape index (κ1) is 16.1. The van der Waals surface area contributed by atoms with Gasteiger partial charge in [0.1, 0.15) is 17.3 Å². The van der Waals surface area contributed by atoms with E-state index in [-0.39, 0.29) is 17.5 Å². The molecule has 0 unspecified atom stereocenters. The molecule has 0 saturated heterocycles. The highest BCUT2D eigenvalue weighted by molar-refractivity contribution is 8.00. The van der Waals surface area contributed by atoms with Gasteiger partial charge in [0.2, 0.25) is 5.91 Å². The van der Waals surface area contributed by atoms with Crippen molar-refractivity contribution >= 4 is 23.6 Å². The van der Waals surface area contributed by atoms with Crippen LogP contribution in [0.5, 0.6) is 0 Å². The average molecular weight is 322 g/mol. The van der Waals surface area contributed by atoms with Gasteiger partial charge in [-0.1, -0.05) is 0 Å². The molecule has 5 nitrogen and oxygen atoms in total. The van der Waals surface area contributed by atoms with Crippen molar-refractivity contribution in [2.45, 2.75) is 18.7 Å². The third-order valence-electron chi connectivity index (χ3n) is 2.78. The van der Waals surface area contributed by atoms with Crippen LogP contribution in [0.15, 0.2) is 39.6 Å². The van der Waals surface area contributed by atoms with Crippen molar-refractivity contribution in [1.82, 2.24) is 10.9 Å². The Morgan fingerprint density at radius 1 is 1.18 bits per heavy atom. The largest absolute Gasteiger partial charge is 0.466 e. The van der Waals surface area contributed by atoms with Crippen molar-refractivity contribution in [2.24, 2.45) is 0 Å². The molecule has 1 aromatic heterocycles. The third kappa shape index (κ3) is 4.36. The number of hydrogen-bond acceptors (Lipinski definition) is 4. The minimum absolute atomic E-state index is 0.106. The summed E-state index contributed by atoms with van der Waals surface area (Å²) in [5.74, 6) is 0.0996. The van der Waals surface area contributed by atoms with Gasteiger partial charge >= 0.3 is 0 Å². The molecule has 0 bridgehead atoms. The predicted molar refractivity (Wildman–Crippen MR) is 80.9 cm³/mol. The molecule has 2 aromatic rings.